The van der Waals surface area contributed by atoms with Crippen LogP contribution in [0.3, 0.4) is 0 Å². The highest BCUT2D eigenvalue weighted by atomic mass is 19.1. The summed E-state index contributed by atoms with van der Waals surface area (Å²) in [7, 11) is 1.58. The number of aromatic nitrogens is 2. The first kappa shape index (κ1) is 16.6. The summed E-state index contributed by atoms with van der Waals surface area (Å²) >= 11 is 0. The molecule has 0 saturated carbocycles. The van der Waals surface area contributed by atoms with Gasteiger partial charge in [-0.2, -0.15) is 0 Å². The van der Waals surface area contributed by atoms with Crippen LogP contribution >= 0.6 is 0 Å². The maximum absolute atomic E-state index is 14.0. The standard InChI is InChI=1S/C18H22FN3O2/c1-12-20-17(9-18(23)21-12)13-4-3-7-22(10-13)11-14-8-15(24-2)5-6-16(14)19/h5-6,8-9,13H,3-4,7,10-11H2,1-2H3,(H,20,21,23)/t13-/m1/s1. The lowest BCUT2D eigenvalue weighted by molar-refractivity contribution is 0.196. The molecule has 1 N–H and O–H groups in total. The molecule has 1 saturated heterocycles. The molecule has 2 aromatic rings. The van der Waals surface area contributed by atoms with Gasteiger partial charge in [0.2, 0.25) is 0 Å². The molecule has 6 heteroatoms. The average Bonchev–Trinajstić information content (AvgIpc) is 2.56. The van der Waals surface area contributed by atoms with Crippen LogP contribution in [0.15, 0.2) is 29.1 Å². The minimum atomic E-state index is -0.219. The molecule has 1 aliphatic rings. The third kappa shape index (κ3) is 3.82. The van der Waals surface area contributed by atoms with E-state index in [1.807, 2.05) is 0 Å². The van der Waals surface area contributed by atoms with E-state index in [-0.39, 0.29) is 17.3 Å². The number of piperidine rings is 1. The van der Waals surface area contributed by atoms with Crippen molar-refractivity contribution in [3.05, 3.63) is 57.5 Å². The number of benzene rings is 1. The molecule has 0 aliphatic carbocycles. The second kappa shape index (κ2) is 7.13. The highest BCUT2D eigenvalue weighted by Crippen LogP contribution is 2.27. The van der Waals surface area contributed by atoms with E-state index in [4.69, 9.17) is 4.74 Å². The Balaban J connectivity index is 1.75. The van der Waals surface area contributed by atoms with Crippen molar-refractivity contribution in [1.82, 2.24) is 14.9 Å². The van der Waals surface area contributed by atoms with E-state index in [2.05, 4.69) is 14.9 Å². The molecule has 0 radical (unpaired) electrons. The van der Waals surface area contributed by atoms with Crippen LogP contribution in [0, 0.1) is 12.7 Å². The fourth-order valence-corrected chi connectivity index (χ4v) is 3.29. The van der Waals surface area contributed by atoms with Gasteiger partial charge in [-0.3, -0.25) is 9.69 Å². The smallest absolute Gasteiger partial charge is 0.251 e. The number of aryl methyl sites for hydroxylation is 1. The van der Waals surface area contributed by atoms with Gasteiger partial charge in [-0.15, -0.1) is 0 Å². The molecule has 128 valence electrons. The summed E-state index contributed by atoms with van der Waals surface area (Å²) in [6.07, 6.45) is 2.00. The summed E-state index contributed by atoms with van der Waals surface area (Å²) < 4.78 is 19.2. The van der Waals surface area contributed by atoms with Gasteiger partial charge in [-0.25, -0.2) is 9.37 Å². The summed E-state index contributed by atoms with van der Waals surface area (Å²) in [5, 5.41) is 0. The lowest BCUT2D eigenvalue weighted by atomic mass is 9.94. The van der Waals surface area contributed by atoms with Gasteiger partial charge in [-0.05, 0) is 44.5 Å². The van der Waals surface area contributed by atoms with Crippen LogP contribution in [-0.2, 0) is 6.54 Å². The van der Waals surface area contributed by atoms with Crippen LogP contribution in [0.25, 0.3) is 0 Å². The van der Waals surface area contributed by atoms with Crippen LogP contribution in [0.4, 0.5) is 4.39 Å². The molecule has 3 rings (SSSR count). The molecule has 1 aromatic carbocycles. The Morgan fingerprint density at radius 1 is 1.42 bits per heavy atom. The summed E-state index contributed by atoms with van der Waals surface area (Å²) in [6.45, 7) is 4.00. The highest BCUT2D eigenvalue weighted by molar-refractivity contribution is 5.29. The Bertz CT molecular complexity index is 775. The average molecular weight is 331 g/mol. The number of hydrogen-bond acceptors (Lipinski definition) is 4. The first-order valence-corrected chi connectivity index (χ1v) is 8.18. The molecule has 1 fully saturated rings. The molecule has 1 atom stereocenters. The number of aromatic amines is 1. The molecule has 24 heavy (non-hydrogen) atoms. The quantitative estimate of drug-likeness (QED) is 0.936. The third-order valence-electron chi connectivity index (χ3n) is 4.45. The van der Waals surface area contributed by atoms with E-state index < -0.39 is 0 Å². The molecule has 0 unspecified atom stereocenters. The van der Waals surface area contributed by atoms with Crippen LogP contribution in [0.1, 0.15) is 35.8 Å². The zero-order valence-corrected chi connectivity index (χ0v) is 14.0. The minimum Gasteiger partial charge on any atom is -0.497 e. The van der Waals surface area contributed by atoms with E-state index >= 15 is 0 Å². The number of H-pyrrole nitrogens is 1. The molecule has 5 nitrogen and oxygen atoms in total. The van der Waals surface area contributed by atoms with E-state index in [0.717, 1.165) is 31.6 Å². The van der Waals surface area contributed by atoms with Gasteiger partial charge < -0.3 is 9.72 Å². The number of methoxy groups -OCH3 is 1. The van der Waals surface area contributed by atoms with Crippen molar-refractivity contribution in [1.29, 1.82) is 0 Å². The number of likely N-dealkylation sites (tertiary alicyclic amines) is 1. The zero-order valence-electron chi connectivity index (χ0n) is 14.0. The van der Waals surface area contributed by atoms with Crippen molar-refractivity contribution in [2.45, 2.75) is 32.2 Å². The molecule has 0 amide bonds. The van der Waals surface area contributed by atoms with Gasteiger partial charge in [0.25, 0.3) is 5.56 Å². The van der Waals surface area contributed by atoms with Crippen molar-refractivity contribution >= 4 is 0 Å². The predicted molar refractivity (Wildman–Crippen MR) is 89.8 cm³/mol. The Labute approximate surface area is 140 Å². The SMILES string of the molecule is COc1ccc(F)c(CN2CCC[C@@H](c3cc(=O)[nH]c(C)n3)C2)c1. The first-order chi connectivity index (χ1) is 11.5. The van der Waals surface area contributed by atoms with Gasteiger partial charge in [0.15, 0.2) is 0 Å². The summed E-state index contributed by atoms with van der Waals surface area (Å²) in [5.74, 6) is 1.27. The van der Waals surface area contributed by atoms with E-state index in [1.54, 1.807) is 32.2 Å². The van der Waals surface area contributed by atoms with Crippen LogP contribution < -0.4 is 10.3 Å². The maximum Gasteiger partial charge on any atom is 0.251 e. The minimum absolute atomic E-state index is 0.117. The third-order valence-corrected chi connectivity index (χ3v) is 4.45. The Hall–Kier alpha value is -2.21. The second-order valence-corrected chi connectivity index (χ2v) is 6.29. The lowest BCUT2D eigenvalue weighted by Gasteiger charge is -2.32. The summed E-state index contributed by atoms with van der Waals surface area (Å²) in [4.78, 5) is 21.0. The fourth-order valence-electron chi connectivity index (χ4n) is 3.29. The van der Waals surface area contributed by atoms with Crippen molar-refractivity contribution in [2.75, 3.05) is 20.2 Å². The molecule has 0 bridgehead atoms. The van der Waals surface area contributed by atoms with Crippen molar-refractivity contribution in [2.24, 2.45) is 0 Å². The lowest BCUT2D eigenvalue weighted by Crippen LogP contribution is -2.35. The zero-order chi connectivity index (χ0) is 17.1. The van der Waals surface area contributed by atoms with Crippen LogP contribution in [0.5, 0.6) is 5.75 Å². The van der Waals surface area contributed by atoms with E-state index in [9.17, 15) is 9.18 Å². The number of nitrogens with one attached hydrogen (secondary N) is 1. The second-order valence-electron chi connectivity index (χ2n) is 6.29. The molecule has 1 aliphatic heterocycles. The van der Waals surface area contributed by atoms with E-state index in [0.29, 0.717) is 23.7 Å². The molecular weight excluding hydrogens is 309 g/mol. The largest absolute Gasteiger partial charge is 0.497 e. The van der Waals surface area contributed by atoms with Crippen LogP contribution in [0.2, 0.25) is 0 Å². The molecule has 0 spiro atoms. The highest BCUT2D eigenvalue weighted by Gasteiger charge is 2.23. The van der Waals surface area contributed by atoms with Gasteiger partial charge >= 0.3 is 0 Å². The van der Waals surface area contributed by atoms with Crippen molar-refractivity contribution in [3.63, 3.8) is 0 Å². The Morgan fingerprint density at radius 3 is 3.00 bits per heavy atom. The van der Waals surface area contributed by atoms with Gasteiger partial charge in [-0.1, -0.05) is 0 Å². The number of halogens is 1. The maximum atomic E-state index is 14.0. The number of hydrogen-bond donors (Lipinski definition) is 1. The van der Waals surface area contributed by atoms with E-state index in [1.165, 1.54) is 6.07 Å². The normalized spacial score (nSPS) is 18.5. The van der Waals surface area contributed by atoms with Gasteiger partial charge in [0.05, 0.1) is 12.8 Å². The van der Waals surface area contributed by atoms with Gasteiger partial charge in [0.1, 0.15) is 17.4 Å². The van der Waals surface area contributed by atoms with Crippen molar-refractivity contribution in [3.8, 4) is 5.75 Å². The molecule has 1 aromatic heterocycles. The summed E-state index contributed by atoms with van der Waals surface area (Å²) in [5.41, 5.74) is 1.34. The topological polar surface area (TPSA) is 58.2 Å². The van der Waals surface area contributed by atoms with Crippen LogP contribution in [-0.4, -0.2) is 35.1 Å². The number of ether oxygens (including phenoxy) is 1. The number of nitrogens with zero attached hydrogens (tertiary/aromatic N) is 2. The summed E-state index contributed by atoms with van der Waals surface area (Å²) in [6, 6.07) is 6.39. The molecular formula is C18H22FN3O2. The number of rotatable bonds is 4. The van der Waals surface area contributed by atoms with Gasteiger partial charge in [0, 0.05) is 30.6 Å². The fraction of sp³-hybridized carbons (Fsp3) is 0.444. The predicted octanol–water partition coefficient (Wildman–Crippen LogP) is 2.61. The monoisotopic (exact) mass is 331 g/mol. The molecule has 2 heterocycles. The first-order valence-electron chi connectivity index (χ1n) is 8.18. The Kier molecular flexibility index (Phi) is 4.94. The Morgan fingerprint density at radius 2 is 2.25 bits per heavy atom. The van der Waals surface area contributed by atoms with Crippen molar-refractivity contribution < 1.29 is 9.13 Å².